The van der Waals surface area contributed by atoms with Crippen molar-refractivity contribution >= 4 is 17.3 Å². The summed E-state index contributed by atoms with van der Waals surface area (Å²) in [6.45, 7) is 4.93. The fourth-order valence-corrected chi connectivity index (χ4v) is 3.68. The van der Waals surface area contributed by atoms with Crippen LogP contribution < -0.4 is 0 Å². The third-order valence-corrected chi connectivity index (χ3v) is 5.14. The van der Waals surface area contributed by atoms with Crippen LogP contribution in [0, 0.1) is 0 Å². The molecule has 2 heterocycles. The van der Waals surface area contributed by atoms with Gasteiger partial charge in [0.25, 0.3) is 0 Å². The molecule has 1 N–H and O–H groups in total. The molecule has 5 nitrogen and oxygen atoms in total. The molecular formula is C14H23N3O2S. The molecule has 0 aromatic carbocycles. The summed E-state index contributed by atoms with van der Waals surface area (Å²) in [5.74, 6) is -0.910. The van der Waals surface area contributed by atoms with Crippen LogP contribution in [0.2, 0.25) is 0 Å². The minimum Gasteiger partial charge on any atom is -0.476 e. The summed E-state index contributed by atoms with van der Waals surface area (Å²) in [6, 6.07) is 0.542. The number of aromatic carboxylic acids is 1. The summed E-state index contributed by atoms with van der Waals surface area (Å²) in [7, 11) is 4.24. The lowest BCUT2D eigenvalue weighted by Crippen LogP contribution is -2.41. The number of aryl methyl sites for hydroxylation is 1. The fraction of sp³-hybridized carbons (Fsp3) is 0.714. The maximum atomic E-state index is 11.3. The molecule has 0 aliphatic carbocycles. The van der Waals surface area contributed by atoms with Crippen LogP contribution in [0.5, 0.6) is 0 Å². The lowest BCUT2D eigenvalue weighted by molar-refractivity contribution is 0.0687. The molecule has 20 heavy (non-hydrogen) atoms. The van der Waals surface area contributed by atoms with Crippen LogP contribution in [0.25, 0.3) is 0 Å². The first-order valence-corrected chi connectivity index (χ1v) is 7.93. The predicted octanol–water partition coefficient (Wildman–Crippen LogP) is 1.93. The summed E-state index contributed by atoms with van der Waals surface area (Å²) in [4.78, 5) is 21.0. The van der Waals surface area contributed by atoms with E-state index in [1.807, 2.05) is 6.92 Å². The van der Waals surface area contributed by atoms with Gasteiger partial charge in [-0.25, -0.2) is 9.78 Å². The Morgan fingerprint density at radius 2 is 2.15 bits per heavy atom. The van der Waals surface area contributed by atoms with Gasteiger partial charge in [0.2, 0.25) is 0 Å². The number of nitrogens with zero attached hydrogens (tertiary/aromatic N) is 3. The van der Waals surface area contributed by atoms with Gasteiger partial charge in [-0.3, -0.25) is 4.90 Å². The molecule has 1 aromatic heterocycles. The molecule has 1 aromatic rings. The second-order valence-corrected chi connectivity index (χ2v) is 6.66. The van der Waals surface area contributed by atoms with E-state index >= 15 is 0 Å². The van der Waals surface area contributed by atoms with Gasteiger partial charge in [-0.2, -0.15) is 0 Å². The summed E-state index contributed by atoms with van der Waals surface area (Å²) in [6.07, 6.45) is 3.09. The van der Waals surface area contributed by atoms with Crippen molar-refractivity contribution in [1.29, 1.82) is 0 Å². The van der Waals surface area contributed by atoms with Crippen LogP contribution >= 0.6 is 11.3 Å². The Morgan fingerprint density at radius 3 is 2.70 bits per heavy atom. The zero-order valence-corrected chi connectivity index (χ0v) is 13.2. The van der Waals surface area contributed by atoms with Crippen molar-refractivity contribution in [2.24, 2.45) is 0 Å². The second-order valence-electron chi connectivity index (χ2n) is 5.49. The largest absolute Gasteiger partial charge is 0.476 e. The SMILES string of the molecule is CCc1nc(C(=O)O)c(CN(C)C2CCN(C)CC2)s1. The first-order valence-electron chi connectivity index (χ1n) is 7.12. The third-order valence-electron chi connectivity index (χ3n) is 3.95. The van der Waals surface area contributed by atoms with Crippen molar-refractivity contribution < 1.29 is 9.90 Å². The number of carbonyl (C=O) groups is 1. The monoisotopic (exact) mass is 297 g/mol. The Hall–Kier alpha value is -0.980. The van der Waals surface area contributed by atoms with Gasteiger partial charge in [0.05, 0.1) is 9.88 Å². The predicted molar refractivity (Wildman–Crippen MR) is 80.4 cm³/mol. The van der Waals surface area contributed by atoms with Gasteiger partial charge in [-0.05, 0) is 46.4 Å². The molecule has 1 aliphatic heterocycles. The third kappa shape index (κ3) is 3.56. The number of hydrogen-bond acceptors (Lipinski definition) is 5. The molecule has 1 aliphatic rings. The van der Waals surface area contributed by atoms with Crippen molar-refractivity contribution in [1.82, 2.24) is 14.8 Å². The zero-order valence-electron chi connectivity index (χ0n) is 12.4. The maximum absolute atomic E-state index is 11.3. The summed E-state index contributed by atoms with van der Waals surface area (Å²) in [5, 5.41) is 10.2. The van der Waals surface area contributed by atoms with Crippen LogP contribution in [-0.4, -0.2) is 59.1 Å². The van der Waals surface area contributed by atoms with E-state index in [2.05, 4.69) is 28.9 Å². The Bertz CT molecular complexity index is 467. The number of carboxylic acids is 1. The molecule has 0 bridgehead atoms. The Morgan fingerprint density at radius 1 is 1.50 bits per heavy atom. The van der Waals surface area contributed by atoms with Crippen LogP contribution in [0.15, 0.2) is 0 Å². The Kier molecular flexibility index (Phi) is 5.12. The van der Waals surface area contributed by atoms with Crippen molar-refractivity contribution in [3.05, 3.63) is 15.6 Å². The van der Waals surface area contributed by atoms with E-state index < -0.39 is 5.97 Å². The van der Waals surface area contributed by atoms with Crippen molar-refractivity contribution in [2.45, 2.75) is 38.8 Å². The Balaban J connectivity index is 2.05. The van der Waals surface area contributed by atoms with Gasteiger partial charge in [0.1, 0.15) is 0 Å². The minimum atomic E-state index is -0.910. The normalized spacial score (nSPS) is 17.8. The number of thiazole rings is 1. The number of carboxylic acid groups (broad SMARTS) is 1. The van der Waals surface area contributed by atoms with E-state index in [-0.39, 0.29) is 5.69 Å². The van der Waals surface area contributed by atoms with E-state index in [0.29, 0.717) is 12.6 Å². The maximum Gasteiger partial charge on any atom is 0.355 e. The highest BCUT2D eigenvalue weighted by Gasteiger charge is 2.24. The number of piperidine rings is 1. The van der Waals surface area contributed by atoms with Crippen LogP contribution in [-0.2, 0) is 13.0 Å². The van der Waals surface area contributed by atoms with Gasteiger partial charge in [0, 0.05) is 12.6 Å². The molecule has 1 fully saturated rings. The van der Waals surface area contributed by atoms with Gasteiger partial charge in [0.15, 0.2) is 5.69 Å². The Labute approximate surface area is 124 Å². The quantitative estimate of drug-likeness (QED) is 0.900. The number of rotatable bonds is 5. The highest BCUT2D eigenvalue weighted by Crippen LogP contribution is 2.23. The van der Waals surface area contributed by atoms with Gasteiger partial charge >= 0.3 is 5.97 Å². The molecule has 0 amide bonds. The fourth-order valence-electron chi connectivity index (χ4n) is 2.62. The topological polar surface area (TPSA) is 56.7 Å². The van der Waals surface area contributed by atoms with Crippen LogP contribution in [0.1, 0.15) is 40.1 Å². The lowest BCUT2D eigenvalue weighted by atomic mass is 10.0. The summed E-state index contributed by atoms with van der Waals surface area (Å²) in [5.41, 5.74) is 0.242. The molecule has 0 radical (unpaired) electrons. The van der Waals surface area contributed by atoms with Crippen LogP contribution in [0.3, 0.4) is 0 Å². The molecule has 0 spiro atoms. The molecule has 6 heteroatoms. The molecule has 2 rings (SSSR count). The second kappa shape index (κ2) is 6.65. The molecule has 0 saturated carbocycles. The molecule has 112 valence electrons. The van der Waals surface area contributed by atoms with E-state index in [1.165, 1.54) is 11.3 Å². The highest BCUT2D eigenvalue weighted by atomic mass is 32.1. The van der Waals surface area contributed by atoms with Gasteiger partial charge < -0.3 is 10.0 Å². The van der Waals surface area contributed by atoms with Gasteiger partial charge in [-0.15, -0.1) is 11.3 Å². The highest BCUT2D eigenvalue weighted by molar-refractivity contribution is 7.11. The number of hydrogen-bond donors (Lipinski definition) is 1. The summed E-state index contributed by atoms with van der Waals surface area (Å²) < 4.78 is 0. The molecular weight excluding hydrogens is 274 g/mol. The minimum absolute atomic E-state index is 0.242. The van der Waals surface area contributed by atoms with Crippen LogP contribution in [0.4, 0.5) is 0 Å². The van der Waals surface area contributed by atoms with E-state index in [1.54, 1.807) is 0 Å². The van der Waals surface area contributed by atoms with Crippen molar-refractivity contribution in [3.8, 4) is 0 Å². The summed E-state index contributed by atoms with van der Waals surface area (Å²) >= 11 is 1.54. The average molecular weight is 297 g/mol. The smallest absolute Gasteiger partial charge is 0.355 e. The molecule has 1 saturated heterocycles. The molecule has 0 atom stereocenters. The number of aromatic nitrogens is 1. The number of likely N-dealkylation sites (tertiary alicyclic amines) is 1. The van der Waals surface area contributed by atoms with Crippen molar-refractivity contribution in [2.75, 3.05) is 27.2 Å². The molecule has 0 unspecified atom stereocenters. The van der Waals surface area contributed by atoms with E-state index in [4.69, 9.17) is 0 Å². The lowest BCUT2D eigenvalue weighted by Gasteiger charge is -2.34. The zero-order chi connectivity index (χ0) is 14.7. The van der Waals surface area contributed by atoms with E-state index in [9.17, 15) is 9.90 Å². The van der Waals surface area contributed by atoms with Gasteiger partial charge in [-0.1, -0.05) is 6.92 Å². The first kappa shape index (κ1) is 15.4. The van der Waals surface area contributed by atoms with E-state index in [0.717, 1.165) is 42.2 Å². The average Bonchev–Trinajstić information content (AvgIpc) is 2.82. The standard InChI is InChI=1S/C14H23N3O2S/c1-4-12-15-13(14(18)19)11(20-12)9-17(3)10-5-7-16(2)8-6-10/h10H,4-9H2,1-3H3,(H,18,19). The van der Waals surface area contributed by atoms with Crippen molar-refractivity contribution in [3.63, 3.8) is 0 Å². The first-order chi connectivity index (χ1) is 9.51.